The molecule has 0 amide bonds. The van der Waals surface area contributed by atoms with E-state index in [4.69, 9.17) is 4.43 Å². The van der Waals surface area contributed by atoms with E-state index < -0.39 is 8.32 Å². The fourth-order valence-electron chi connectivity index (χ4n) is 7.43. The summed E-state index contributed by atoms with van der Waals surface area (Å²) >= 11 is 0. The minimum absolute atomic E-state index is 0.0695. The number of carbonyl (C=O) groups is 2. The van der Waals surface area contributed by atoms with Crippen molar-refractivity contribution in [3.8, 4) is 0 Å². The largest absolute Gasteiger partial charge is 0.416 e. The number of hydrogen-bond donors (Lipinski definition) is 0. The topological polar surface area (TPSA) is 43.4 Å². The summed E-state index contributed by atoms with van der Waals surface area (Å²) in [4.78, 5) is 25.1. The van der Waals surface area contributed by atoms with Gasteiger partial charge in [-0.05, 0) is 85.7 Å². The summed E-state index contributed by atoms with van der Waals surface area (Å²) in [5.41, 5.74) is 0.0965. The molecule has 0 aromatic carbocycles. The van der Waals surface area contributed by atoms with Crippen molar-refractivity contribution in [1.82, 2.24) is 0 Å². The van der Waals surface area contributed by atoms with Crippen molar-refractivity contribution in [3.63, 3.8) is 0 Å². The average molecular weight is 419 g/mol. The first kappa shape index (κ1) is 21.7. The Bertz CT molecular complexity index is 693. The highest BCUT2D eigenvalue weighted by atomic mass is 28.4. The second-order valence-electron chi connectivity index (χ2n) is 12.6. The Hall–Kier alpha value is -0.483. The number of Topliss-reactive ketones (excluding diaryl/α,β-unsaturated/α-hetero) is 2. The first-order valence-electron chi connectivity index (χ1n) is 12.1. The molecule has 4 rings (SSSR count). The molecule has 4 fully saturated rings. The van der Waals surface area contributed by atoms with Gasteiger partial charge in [0.1, 0.15) is 11.6 Å². The molecule has 0 aromatic rings. The van der Waals surface area contributed by atoms with Gasteiger partial charge in [0.05, 0.1) is 0 Å². The van der Waals surface area contributed by atoms with Gasteiger partial charge in [0, 0.05) is 31.3 Å². The lowest BCUT2D eigenvalue weighted by Gasteiger charge is -2.61. The Morgan fingerprint density at radius 2 is 1.72 bits per heavy atom. The van der Waals surface area contributed by atoms with Crippen molar-refractivity contribution in [1.29, 1.82) is 0 Å². The SMILES string of the molecule is CC(C)(C)[Si](C)(C)OC[C@]12CCC(=O)C[C@H]1CC[C@@H]1[C@@H]2CC[C@]2(C)C(=O)CC[C@@H]12. The van der Waals surface area contributed by atoms with Crippen LogP contribution in [0.3, 0.4) is 0 Å². The molecule has 3 nitrogen and oxygen atoms in total. The van der Waals surface area contributed by atoms with Crippen molar-refractivity contribution >= 4 is 19.9 Å². The molecule has 0 unspecified atom stereocenters. The fourth-order valence-corrected chi connectivity index (χ4v) is 8.49. The van der Waals surface area contributed by atoms with Gasteiger partial charge < -0.3 is 4.43 Å². The number of rotatable bonds is 3. The van der Waals surface area contributed by atoms with Crippen LogP contribution in [-0.4, -0.2) is 26.5 Å². The van der Waals surface area contributed by atoms with Crippen LogP contribution in [0.1, 0.15) is 85.5 Å². The van der Waals surface area contributed by atoms with Gasteiger partial charge in [0.25, 0.3) is 0 Å². The molecule has 0 saturated heterocycles. The Balaban J connectivity index is 1.64. The Labute approximate surface area is 178 Å². The van der Waals surface area contributed by atoms with E-state index in [0.29, 0.717) is 35.2 Å². The summed E-state index contributed by atoms with van der Waals surface area (Å²) < 4.78 is 6.90. The first-order valence-corrected chi connectivity index (χ1v) is 15.0. The van der Waals surface area contributed by atoms with Crippen molar-refractivity contribution in [2.45, 2.75) is 104 Å². The normalized spacial score (nSPS) is 43.0. The molecule has 0 bridgehead atoms. The van der Waals surface area contributed by atoms with E-state index in [1.807, 2.05) is 0 Å². The Morgan fingerprint density at radius 1 is 1.00 bits per heavy atom. The van der Waals surface area contributed by atoms with Gasteiger partial charge in [-0.3, -0.25) is 9.59 Å². The number of carbonyl (C=O) groups excluding carboxylic acids is 2. The van der Waals surface area contributed by atoms with Gasteiger partial charge in [-0.1, -0.05) is 27.7 Å². The van der Waals surface area contributed by atoms with E-state index in [1.165, 1.54) is 6.42 Å². The quantitative estimate of drug-likeness (QED) is 0.515. The van der Waals surface area contributed by atoms with E-state index >= 15 is 0 Å². The lowest BCUT2D eigenvalue weighted by atomic mass is 9.45. The summed E-state index contributed by atoms with van der Waals surface area (Å²) in [6.45, 7) is 14.8. The van der Waals surface area contributed by atoms with Crippen molar-refractivity contribution in [2.24, 2.45) is 34.5 Å². The van der Waals surface area contributed by atoms with Crippen molar-refractivity contribution in [2.75, 3.05) is 6.61 Å². The highest BCUT2D eigenvalue weighted by Gasteiger charge is 2.62. The third-order valence-electron chi connectivity index (χ3n) is 10.4. The first-order chi connectivity index (χ1) is 13.4. The minimum atomic E-state index is -1.84. The molecule has 4 heteroatoms. The summed E-state index contributed by atoms with van der Waals surface area (Å²) in [7, 11) is -1.84. The third-order valence-corrected chi connectivity index (χ3v) is 14.9. The van der Waals surface area contributed by atoms with Crippen LogP contribution in [0.4, 0.5) is 0 Å². The van der Waals surface area contributed by atoms with E-state index in [0.717, 1.165) is 58.0 Å². The van der Waals surface area contributed by atoms with Crippen LogP contribution in [0.15, 0.2) is 0 Å². The molecule has 0 N–H and O–H groups in total. The maximum absolute atomic E-state index is 12.7. The second-order valence-corrected chi connectivity index (χ2v) is 17.4. The summed E-state index contributed by atoms with van der Waals surface area (Å²) in [5, 5.41) is 0.209. The molecule has 0 aromatic heterocycles. The molecule has 0 spiro atoms. The van der Waals surface area contributed by atoms with E-state index in [9.17, 15) is 9.59 Å². The maximum atomic E-state index is 12.7. The van der Waals surface area contributed by atoms with Crippen LogP contribution in [0.5, 0.6) is 0 Å². The van der Waals surface area contributed by atoms with E-state index in [1.54, 1.807) is 0 Å². The van der Waals surface area contributed by atoms with Gasteiger partial charge in [-0.2, -0.15) is 0 Å². The Kier molecular flexibility index (Phi) is 5.26. The average Bonchev–Trinajstić information content (AvgIpc) is 2.94. The van der Waals surface area contributed by atoms with Gasteiger partial charge in [0.15, 0.2) is 8.32 Å². The van der Waals surface area contributed by atoms with Crippen LogP contribution >= 0.6 is 0 Å². The highest BCUT2D eigenvalue weighted by Crippen LogP contribution is 2.65. The number of ketones is 2. The Morgan fingerprint density at radius 3 is 2.41 bits per heavy atom. The van der Waals surface area contributed by atoms with Crippen molar-refractivity contribution in [3.05, 3.63) is 0 Å². The fraction of sp³-hybridized carbons (Fsp3) is 0.920. The summed E-state index contributed by atoms with van der Waals surface area (Å²) in [5.74, 6) is 3.35. The van der Waals surface area contributed by atoms with Crippen LogP contribution in [0.2, 0.25) is 18.1 Å². The number of hydrogen-bond acceptors (Lipinski definition) is 3. The van der Waals surface area contributed by atoms with Crippen LogP contribution in [0, 0.1) is 34.5 Å². The zero-order chi connectivity index (χ0) is 21.2. The maximum Gasteiger partial charge on any atom is 0.192 e. The number of fused-ring (bicyclic) bond motifs is 5. The standard InChI is InChI=1S/C25H42O3Si/c1-23(2,3)29(5,6)28-16-25-14-11-18(26)15-17(25)7-8-19-20-9-10-22(27)24(20,4)13-12-21(19)25/h17,19-21H,7-16H2,1-6H3/t17-,19+,20+,21+,24+,25-/m1/s1. The monoisotopic (exact) mass is 418 g/mol. The molecule has 6 atom stereocenters. The van der Waals surface area contributed by atoms with Crippen molar-refractivity contribution < 1.29 is 14.0 Å². The van der Waals surface area contributed by atoms with Gasteiger partial charge >= 0.3 is 0 Å². The second kappa shape index (κ2) is 7.02. The predicted octanol–water partition coefficient (Wildman–Crippen LogP) is 6.17. The molecule has 4 aliphatic carbocycles. The van der Waals surface area contributed by atoms with Gasteiger partial charge in [0.2, 0.25) is 0 Å². The molecule has 0 heterocycles. The lowest BCUT2D eigenvalue weighted by Crippen LogP contribution is -2.58. The van der Waals surface area contributed by atoms with Gasteiger partial charge in [-0.25, -0.2) is 0 Å². The van der Waals surface area contributed by atoms with Crippen LogP contribution in [0.25, 0.3) is 0 Å². The lowest BCUT2D eigenvalue weighted by molar-refractivity contribution is -0.153. The zero-order valence-corrected chi connectivity index (χ0v) is 20.6. The van der Waals surface area contributed by atoms with Crippen LogP contribution in [-0.2, 0) is 14.0 Å². The predicted molar refractivity (Wildman–Crippen MR) is 119 cm³/mol. The van der Waals surface area contributed by atoms with Crippen LogP contribution < -0.4 is 0 Å². The van der Waals surface area contributed by atoms with E-state index in [2.05, 4.69) is 40.8 Å². The molecular formula is C25H42O3Si. The molecule has 4 saturated carbocycles. The molecule has 0 aliphatic heterocycles. The minimum Gasteiger partial charge on any atom is -0.416 e. The highest BCUT2D eigenvalue weighted by molar-refractivity contribution is 6.74. The third kappa shape index (κ3) is 3.31. The molecule has 0 radical (unpaired) electrons. The van der Waals surface area contributed by atoms with Gasteiger partial charge in [-0.15, -0.1) is 0 Å². The zero-order valence-electron chi connectivity index (χ0n) is 19.6. The summed E-state index contributed by atoms with van der Waals surface area (Å²) in [6.07, 6.45) is 9.01. The smallest absolute Gasteiger partial charge is 0.192 e. The molecule has 29 heavy (non-hydrogen) atoms. The molecule has 4 aliphatic rings. The molecular weight excluding hydrogens is 376 g/mol. The summed E-state index contributed by atoms with van der Waals surface area (Å²) in [6, 6.07) is 0. The molecule has 164 valence electrons. The van der Waals surface area contributed by atoms with E-state index in [-0.39, 0.29) is 15.9 Å².